The average Bonchev–Trinajstić information content (AvgIpc) is 3.56. The van der Waals surface area contributed by atoms with Gasteiger partial charge in [0.05, 0.1) is 36.1 Å². The van der Waals surface area contributed by atoms with Crippen LogP contribution in [0.1, 0.15) is 30.5 Å². The fraction of sp³-hybridized carbons (Fsp3) is 0.194. The van der Waals surface area contributed by atoms with E-state index in [4.69, 9.17) is 14.5 Å². The highest BCUT2D eigenvalue weighted by Crippen LogP contribution is 2.37. The van der Waals surface area contributed by atoms with Crippen LogP contribution in [0.15, 0.2) is 96.6 Å². The van der Waals surface area contributed by atoms with E-state index in [1.807, 2.05) is 72.8 Å². The third-order valence-corrected chi connectivity index (χ3v) is 7.01. The lowest BCUT2D eigenvalue weighted by molar-refractivity contribution is 0.322. The molecule has 1 aliphatic carbocycles. The fourth-order valence-corrected chi connectivity index (χ4v) is 5.03. The first-order valence-electron chi connectivity index (χ1n) is 12.5. The standard InChI is InChI=1S/C26H19N3O2.C5H8O/c1-17(20-9-3-4-10-22(20)31-2)25-24(26(30)29-15-6-5-11-23(29)28-25)19-12-13-21-18(16-19)8-7-14-27-21;1-2-4-5(3-1)6-4/h3-16H,1H2,2H3;4-5H,1-3H2. The van der Waals surface area contributed by atoms with Crippen LogP contribution in [0.25, 0.3) is 33.3 Å². The van der Waals surface area contributed by atoms with Crippen LogP contribution in [-0.2, 0) is 4.74 Å². The average molecular weight is 490 g/mol. The Morgan fingerprint density at radius 2 is 1.84 bits per heavy atom. The summed E-state index contributed by atoms with van der Waals surface area (Å²) in [5.74, 6) is 0.677. The number of benzene rings is 2. The second-order valence-corrected chi connectivity index (χ2v) is 9.30. The highest BCUT2D eigenvalue weighted by molar-refractivity contribution is 5.91. The molecule has 1 saturated heterocycles. The lowest BCUT2D eigenvalue weighted by Gasteiger charge is -2.15. The van der Waals surface area contributed by atoms with E-state index in [1.54, 1.807) is 23.9 Å². The van der Waals surface area contributed by atoms with E-state index in [0.29, 0.717) is 40.4 Å². The number of para-hydroxylation sites is 1. The molecule has 2 aliphatic rings. The minimum absolute atomic E-state index is 0.153. The summed E-state index contributed by atoms with van der Waals surface area (Å²) >= 11 is 0. The van der Waals surface area contributed by atoms with Crippen molar-refractivity contribution in [2.75, 3.05) is 7.11 Å². The molecule has 0 spiro atoms. The largest absolute Gasteiger partial charge is 0.496 e. The second-order valence-electron chi connectivity index (χ2n) is 9.30. The topological polar surface area (TPSA) is 69.0 Å². The van der Waals surface area contributed by atoms with Crippen molar-refractivity contribution in [1.29, 1.82) is 0 Å². The molecule has 184 valence electrons. The van der Waals surface area contributed by atoms with Gasteiger partial charge >= 0.3 is 0 Å². The summed E-state index contributed by atoms with van der Waals surface area (Å²) in [6.07, 6.45) is 9.00. The quantitative estimate of drug-likeness (QED) is 0.293. The predicted molar refractivity (Wildman–Crippen MR) is 146 cm³/mol. The number of fused-ring (bicyclic) bond motifs is 3. The van der Waals surface area contributed by atoms with Gasteiger partial charge in [0.25, 0.3) is 5.56 Å². The molecule has 37 heavy (non-hydrogen) atoms. The van der Waals surface area contributed by atoms with E-state index in [9.17, 15) is 4.79 Å². The number of rotatable bonds is 4. The van der Waals surface area contributed by atoms with Crippen LogP contribution in [-0.4, -0.2) is 33.7 Å². The fourth-order valence-electron chi connectivity index (χ4n) is 5.03. The Morgan fingerprint density at radius 3 is 2.59 bits per heavy atom. The molecule has 1 aliphatic heterocycles. The van der Waals surface area contributed by atoms with Gasteiger partial charge in [-0.2, -0.15) is 0 Å². The molecular formula is C31H27N3O3. The Morgan fingerprint density at radius 1 is 1.03 bits per heavy atom. The van der Waals surface area contributed by atoms with Crippen molar-refractivity contribution in [1.82, 2.24) is 14.4 Å². The Hall–Kier alpha value is -4.29. The first-order valence-corrected chi connectivity index (χ1v) is 12.5. The molecule has 2 aromatic carbocycles. The summed E-state index contributed by atoms with van der Waals surface area (Å²) in [5.41, 5.74) is 4.48. The molecule has 0 N–H and O–H groups in total. The summed E-state index contributed by atoms with van der Waals surface area (Å²) in [7, 11) is 1.62. The minimum Gasteiger partial charge on any atom is -0.496 e. The van der Waals surface area contributed by atoms with Crippen LogP contribution < -0.4 is 10.3 Å². The third-order valence-electron chi connectivity index (χ3n) is 7.01. The number of hydrogen-bond acceptors (Lipinski definition) is 5. The second kappa shape index (κ2) is 9.64. The maximum absolute atomic E-state index is 13.6. The molecule has 2 fully saturated rings. The van der Waals surface area contributed by atoms with E-state index in [1.165, 1.54) is 19.3 Å². The molecule has 1 saturated carbocycles. The molecule has 5 aromatic rings. The molecule has 2 unspecified atom stereocenters. The maximum atomic E-state index is 13.6. The highest BCUT2D eigenvalue weighted by Gasteiger charge is 2.42. The van der Waals surface area contributed by atoms with E-state index in [2.05, 4.69) is 11.6 Å². The van der Waals surface area contributed by atoms with Crippen LogP contribution in [0, 0.1) is 0 Å². The van der Waals surface area contributed by atoms with Crippen molar-refractivity contribution in [3.05, 3.63) is 113 Å². The summed E-state index contributed by atoms with van der Waals surface area (Å²) in [4.78, 5) is 22.8. The van der Waals surface area contributed by atoms with Gasteiger partial charge in [0.2, 0.25) is 0 Å². The van der Waals surface area contributed by atoms with Crippen molar-refractivity contribution in [2.45, 2.75) is 31.5 Å². The van der Waals surface area contributed by atoms with Gasteiger partial charge in [-0.1, -0.05) is 43.0 Å². The van der Waals surface area contributed by atoms with Crippen molar-refractivity contribution >= 4 is 22.1 Å². The van der Waals surface area contributed by atoms with Gasteiger partial charge in [-0.15, -0.1) is 0 Å². The van der Waals surface area contributed by atoms with Crippen LogP contribution >= 0.6 is 0 Å². The molecule has 7 rings (SSSR count). The molecule has 0 bridgehead atoms. The monoisotopic (exact) mass is 489 g/mol. The molecule has 0 radical (unpaired) electrons. The van der Waals surface area contributed by atoms with E-state index in [0.717, 1.165) is 22.0 Å². The van der Waals surface area contributed by atoms with Crippen LogP contribution in [0.4, 0.5) is 0 Å². The van der Waals surface area contributed by atoms with Gasteiger partial charge in [-0.25, -0.2) is 4.98 Å². The molecule has 6 heteroatoms. The zero-order chi connectivity index (χ0) is 25.4. The lowest BCUT2D eigenvalue weighted by Crippen LogP contribution is -2.19. The number of pyridine rings is 2. The first-order chi connectivity index (χ1) is 18.1. The Kier molecular flexibility index (Phi) is 6.02. The van der Waals surface area contributed by atoms with Gasteiger partial charge < -0.3 is 9.47 Å². The predicted octanol–water partition coefficient (Wildman–Crippen LogP) is 5.92. The third kappa shape index (κ3) is 4.41. The Bertz CT molecular complexity index is 1680. The minimum atomic E-state index is -0.153. The van der Waals surface area contributed by atoms with Crippen LogP contribution in [0.3, 0.4) is 0 Å². The SMILES string of the molecule is C1CC2OC2C1.C=C(c1ccccc1OC)c1nc2ccccn2c(=O)c1-c1ccc2ncccc2c1. The molecule has 6 nitrogen and oxygen atoms in total. The number of epoxide rings is 1. The van der Waals surface area contributed by atoms with Crippen molar-refractivity contribution in [3.8, 4) is 16.9 Å². The molecule has 3 aromatic heterocycles. The summed E-state index contributed by atoms with van der Waals surface area (Å²) in [6.45, 7) is 4.30. The first kappa shape index (κ1) is 23.1. The van der Waals surface area contributed by atoms with Crippen molar-refractivity contribution in [2.24, 2.45) is 0 Å². The van der Waals surface area contributed by atoms with Gasteiger partial charge in [0.1, 0.15) is 11.4 Å². The van der Waals surface area contributed by atoms with Crippen LogP contribution in [0.5, 0.6) is 5.75 Å². The Labute approximate surface area is 214 Å². The van der Waals surface area contributed by atoms with E-state index >= 15 is 0 Å². The number of methoxy groups -OCH3 is 1. The van der Waals surface area contributed by atoms with E-state index in [-0.39, 0.29) is 5.56 Å². The molecule has 0 amide bonds. The maximum Gasteiger partial charge on any atom is 0.266 e. The van der Waals surface area contributed by atoms with Crippen LogP contribution in [0.2, 0.25) is 0 Å². The molecule has 2 atom stereocenters. The smallest absolute Gasteiger partial charge is 0.266 e. The zero-order valence-corrected chi connectivity index (χ0v) is 20.6. The summed E-state index contributed by atoms with van der Waals surface area (Å²) in [6, 6.07) is 22.7. The lowest BCUT2D eigenvalue weighted by atomic mass is 9.95. The molecule has 4 heterocycles. The number of aromatic nitrogens is 3. The van der Waals surface area contributed by atoms with Crippen molar-refractivity contribution in [3.63, 3.8) is 0 Å². The van der Waals surface area contributed by atoms with Gasteiger partial charge in [-0.05, 0) is 61.2 Å². The number of ether oxygens (including phenoxy) is 2. The molecular weight excluding hydrogens is 462 g/mol. The normalized spacial score (nSPS) is 17.6. The van der Waals surface area contributed by atoms with Gasteiger partial charge in [-0.3, -0.25) is 14.2 Å². The number of hydrogen-bond donors (Lipinski definition) is 0. The zero-order valence-electron chi connectivity index (χ0n) is 20.6. The number of nitrogens with zero attached hydrogens (tertiary/aromatic N) is 3. The Balaban J connectivity index is 0.000000364. The summed E-state index contributed by atoms with van der Waals surface area (Å²) in [5, 5.41) is 0.950. The van der Waals surface area contributed by atoms with E-state index < -0.39 is 0 Å². The highest BCUT2D eigenvalue weighted by atomic mass is 16.6. The summed E-state index contributed by atoms with van der Waals surface area (Å²) < 4.78 is 12.2. The van der Waals surface area contributed by atoms with Gasteiger partial charge in [0, 0.05) is 28.9 Å². The van der Waals surface area contributed by atoms with Crippen molar-refractivity contribution < 1.29 is 9.47 Å². The van der Waals surface area contributed by atoms with Gasteiger partial charge in [0.15, 0.2) is 0 Å².